The summed E-state index contributed by atoms with van der Waals surface area (Å²) in [5, 5.41) is 5.27. The molecule has 2 heterocycles. The zero-order chi connectivity index (χ0) is 33.5. The molecule has 2 aliphatic rings. The van der Waals surface area contributed by atoms with Crippen molar-refractivity contribution in [1.29, 1.82) is 0 Å². The van der Waals surface area contributed by atoms with Crippen molar-refractivity contribution in [2.75, 3.05) is 32.1 Å². The van der Waals surface area contributed by atoms with Gasteiger partial charge >= 0.3 is 6.09 Å². The number of alkyl carbamates (subject to hydrolysis) is 1. The van der Waals surface area contributed by atoms with Crippen molar-refractivity contribution in [3.05, 3.63) is 65.7 Å². The number of hydrogen-bond donors (Lipinski definition) is 3. The lowest BCUT2D eigenvalue weighted by molar-refractivity contribution is -0.138. The number of carbonyl (C=O) groups excluding carboxylic acids is 6. The molecule has 5 amide bonds. The van der Waals surface area contributed by atoms with Crippen LogP contribution in [0, 0.1) is 5.92 Å². The fourth-order valence-electron chi connectivity index (χ4n) is 5.91. The van der Waals surface area contributed by atoms with Gasteiger partial charge in [-0.05, 0) is 48.6 Å². The van der Waals surface area contributed by atoms with Crippen molar-refractivity contribution in [3.63, 3.8) is 0 Å². The first-order valence-electron chi connectivity index (χ1n) is 15.3. The molecule has 13 nitrogen and oxygen atoms in total. The van der Waals surface area contributed by atoms with E-state index in [1.165, 1.54) is 9.80 Å². The third kappa shape index (κ3) is 8.20. The molecule has 4 atom stereocenters. The Morgan fingerprint density at radius 2 is 1.59 bits per heavy atom. The van der Waals surface area contributed by atoms with Gasteiger partial charge in [0.05, 0.1) is 19.0 Å². The Bertz CT molecular complexity index is 1450. The number of carbonyl (C=O) groups is 6. The average Bonchev–Trinajstić information content (AvgIpc) is 3.60. The topological polar surface area (TPSA) is 171 Å². The molecule has 4 N–H and O–H groups in total. The van der Waals surface area contributed by atoms with Gasteiger partial charge in [-0.2, -0.15) is 0 Å². The lowest BCUT2D eigenvalue weighted by Crippen LogP contribution is -2.54. The zero-order valence-corrected chi connectivity index (χ0v) is 26.6. The maximum absolute atomic E-state index is 13.9. The summed E-state index contributed by atoms with van der Waals surface area (Å²) in [6, 6.07) is 12.1. The molecule has 0 aromatic heterocycles. The smallest absolute Gasteiger partial charge is 0.408 e. The summed E-state index contributed by atoms with van der Waals surface area (Å²) < 4.78 is 5.22. The van der Waals surface area contributed by atoms with E-state index in [4.69, 9.17) is 10.5 Å². The monoisotopic (exact) mass is 634 g/mol. The highest BCUT2D eigenvalue weighted by Gasteiger charge is 2.53. The van der Waals surface area contributed by atoms with Gasteiger partial charge in [0.1, 0.15) is 24.7 Å². The number of ether oxygens (including phenoxy) is 1. The largest absolute Gasteiger partial charge is 0.445 e. The number of primary amides is 1. The maximum atomic E-state index is 13.9. The van der Waals surface area contributed by atoms with E-state index in [1.807, 2.05) is 51.0 Å². The number of amides is 5. The van der Waals surface area contributed by atoms with Crippen molar-refractivity contribution in [2.45, 2.75) is 63.9 Å². The van der Waals surface area contributed by atoms with E-state index in [-0.39, 0.29) is 31.4 Å². The van der Waals surface area contributed by atoms with Gasteiger partial charge in [0, 0.05) is 31.9 Å². The minimum Gasteiger partial charge on any atom is -0.445 e. The number of Topliss-reactive ketones (excluding diaryl/α,β-unsaturated/α-hetero) is 1. The van der Waals surface area contributed by atoms with Crippen molar-refractivity contribution in [1.82, 2.24) is 20.4 Å². The van der Waals surface area contributed by atoms with Crippen LogP contribution in [0.15, 0.2) is 54.6 Å². The van der Waals surface area contributed by atoms with E-state index >= 15 is 0 Å². The highest BCUT2D eigenvalue weighted by Crippen LogP contribution is 2.31. The van der Waals surface area contributed by atoms with E-state index in [0.717, 1.165) is 11.3 Å². The number of nitrogens with zero attached hydrogens (tertiary/aromatic N) is 3. The Balaban J connectivity index is 1.45. The lowest BCUT2D eigenvalue weighted by Gasteiger charge is -2.29. The standard InChI is InChI=1S/C33H42N6O7/c1-20(2)16-24(35-30(42)22-10-12-23(13-11-22)37(3)4)31(43)38-15-14-26-29(38)27(40)18-39(26)32(44)25(17-28(34)41)36-33(45)46-19-21-8-6-5-7-9-21/h5-13,20,24-26,29H,14-19H2,1-4H3,(H2,34,41)(H,35,42)(H,36,45)/t24-,25-,26+,29-/m0/s1. The van der Waals surface area contributed by atoms with E-state index in [2.05, 4.69) is 10.6 Å². The van der Waals surface area contributed by atoms with Crippen LogP contribution in [0.3, 0.4) is 0 Å². The second-order valence-corrected chi connectivity index (χ2v) is 12.3. The van der Waals surface area contributed by atoms with Gasteiger partial charge in [0.2, 0.25) is 17.7 Å². The maximum Gasteiger partial charge on any atom is 0.408 e. The molecule has 0 bridgehead atoms. The second-order valence-electron chi connectivity index (χ2n) is 12.3. The highest BCUT2D eigenvalue weighted by atomic mass is 16.5. The second kappa shape index (κ2) is 14.9. The predicted molar refractivity (Wildman–Crippen MR) is 169 cm³/mol. The summed E-state index contributed by atoms with van der Waals surface area (Å²) in [5.41, 5.74) is 7.43. The van der Waals surface area contributed by atoms with Crippen LogP contribution in [-0.4, -0.2) is 96.7 Å². The Hall–Kier alpha value is -4.94. The summed E-state index contributed by atoms with van der Waals surface area (Å²) >= 11 is 0. The fraction of sp³-hybridized carbons (Fsp3) is 0.455. The van der Waals surface area contributed by atoms with Crippen LogP contribution in [0.4, 0.5) is 10.5 Å². The summed E-state index contributed by atoms with van der Waals surface area (Å²) in [6.07, 6.45) is -0.760. The molecule has 0 saturated carbocycles. The normalized spacial score (nSPS) is 18.5. The summed E-state index contributed by atoms with van der Waals surface area (Å²) in [7, 11) is 3.79. The van der Waals surface area contributed by atoms with Crippen molar-refractivity contribution >= 4 is 41.2 Å². The molecule has 0 unspecified atom stereocenters. The Morgan fingerprint density at radius 3 is 2.20 bits per heavy atom. The first-order chi connectivity index (χ1) is 21.8. The number of nitrogens with one attached hydrogen (secondary N) is 2. The van der Waals surface area contributed by atoms with Gasteiger partial charge in [-0.15, -0.1) is 0 Å². The molecule has 0 radical (unpaired) electrons. The van der Waals surface area contributed by atoms with Gasteiger partial charge in [0.25, 0.3) is 5.91 Å². The third-order valence-corrected chi connectivity index (χ3v) is 8.15. The summed E-state index contributed by atoms with van der Waals surface area (Å²) in [6.45, 7) is 3.71. The number of hydrogen-bond acceptors (Lipinski definition) is 8. The summed E-state index contributed by atoms with van der Waals surface area (Å²) in [4.78, 5) is 83.0. The number of nitrogens with two attached hydrogens (primary N) is 1. The zero-order valence-electron chi connectivity index (χ0n) is 26.6. The number of anilines is 1. The molecular weight excluding hydrogens is 592 g/mol. The molecule has 46 heavy (non-hydrogen) atoms. The number of likely N-dealkylation sites (tertiary alicyclic amines) is 2. The minimum atomic E-state index is -1.36. The molecule has 2 aliphatic heterocycles. The van der Waals surface area contributed by atoms with Crippen LogP contribution in [0.2, 0.25) is 0 Å². The highest BCUT2D eigenvalue weighted by molar-refractivity contribution is 6.02. The van der Waals surface area contributed by atoms with Crippen molar-refractivity contribution < 1.29 is 33.5 Å². The molecule has 4 rings (SSSR count). The van der Waals surface area contributed by atoms with Crippen LogP contribution in [0.5, 0.6) is 0 Å². The van der Waals surface area contributed by atoms with E-state index in [1.54, 1.807) is 36.4 Å². The van der Waals surface area contributed by atoms with E-state index in [0.29, 0.717) is 18.4 Å². The molecule has 0 spiro atoms. The Labute approximate surface area is 268 Å². The van der Waals surface area contributed by atoms with Crippen LogP contribution in [0.25, 0.3) is 0 Å². The van der Waals surface area contributed by atoms with Gasteiger partial charge in [0.15, 0.2) is 5.78 Å². The number of rotatable bonds is 12. The van der Waals surface area contributed by atoms with Gasteiger partial charge in [-0.3, -0.25) is 24.0 Å². The van der Waals surface area contributed by atoms with Crippen LogP contribution in [-0.2, 0) is 30.5 Å². The first kappa shape index (κ1) is 33.9. The fourth-order valence-corrected chi connectivity index (χ4v) is 5.91. The SMILES string of the molecule is CC(C)C[C@H](NC(=O)c1ccc(N(C)C)cc1)C(=O)N1CC[C@@H]2[C@H]1C(=O)CN2C(=O)[C@H](CC(N)=O)NC(=O)OCc1ccccc1. The molecule has 2 saturated heterocycles. The lowest BCUT2D eigenvalue weighted by atomic mass is 10.0. The molecule has 246 valence electrons. The summed E-state index contributed by atoms with van der Waals surface area (Å²) in [5.74, 6) is -2.59. The van der Waals surface area contributed by atoms with Gasteiger partial charge < -0.3 is 35.8 Å². The quantitative estimate of drug-likeness (QED) is 0.315. The van der Waals surface area contributed by atoms with Crippen molar-refractivity contribution in [3.8, 4) is 0 Å². The number of benzene rings is 2. The molecule has 13 heteroatoms. The third-order valence-electron chi connectivity index (χ3n) is 8.15. The van der Waals surface area contributed by atoms with E-state index < -0.39 is 60.3 Å². The van der Waals surface area contributed by atoms with Gasteiger partial charge in [-0.1, -0.05) is 44.2 Å². The number of fused-ring (bicyclic) bond motifs is 1. The van der Waals surface area contributed by atoms with E-state index in [9.17, 15) is 28.8 Å². The minimum absolute atomic E-state index is 0.0520. The van der Waals surface area contributed by atoms with Crippen LogP contribution >= 0.6 is 0 Å². The van der Waals surface area contributed by atoms with Crippen LogP contribution < -0.4 is 21.3 Å². The molecule has 2 aromatic carbocycles. The predicted octanol–water partition coefficient (Wildman–Crippen LogP) is 1.45. The number of ketones is 1. The molecule has 0 aliphatic carbocycles. The first-order valence-corrected chi connectivity index (χ1v) is 15.3. The van der Waals surface area contributed by atoms with Crippen molar-refractivity contribution in [2.24, 2.45) is 11.7 Å². The Kier molecular flexibility index (Phi) is 11.0. The Morgan fingerprint density at radius 1 is 0.935 bits per heavy atom. The molecule has 2 aromatic rings. The van der Waals surface area contributed by atoms with Crippen LogP contribution in [0.1, 0.15) is 49.0 Å². The average molecular weight is 635 g/mol. The molecule has 2 fully saturated rings. The van der Waals surface area contributed by atoms with Gasteiger partial charge in [-0.25, -0.2) is 4.79 Å². The molecular formula is C33H42N6O7.